The van der Waals surface area contributed by atoms with Gasteiger partial charge in [0.1, 0.15) is 5.82 Å². The lowest BCUT2D eigenvalue weighted by molar-refractivity contribution is -0.118. The normalized spacial score (nSPS) is 10.1. The van der Waals surface area contributed by atoms with Crippen molar-refractivity contribution in [1.82, 2.24) is 9.55 Å². The van der Waals surface area contributed by atoms with E-state index in [4.69, 9.17) is 5.73 Å². The fourth-order valence-corrected chi connectivity index (χ4v) is 2.33. The van der Waals surface area contributed by atoms with Gasteiger partial charge in [0.25, 0.3) is 0 Å². The van der Waals surface area contributed by atoms with Crippen LogP contribution in [0.5, 0.6) is 0 Å². The Hall–Kier alpha value is -1.62. The molecule has 2 aromatic rings. The van der Waals surface area contributed by atoms with E-state index in [1.807, 2.05) is 6.20 Å². The highest BCUT2D eigenvalue weighted by molar-refractivity contribution is 8.93. The number of para-hydroxylation sites is 1. The molecule has 0 saturated heterocycles. The van der Waals surface area contributed by atoms with Crippen molar-refractivity contribution in [2.75, 3.05) is 0 Å². The Morgan fingerprint density at radius 1 is 1.30 bits per heavy atom. The van der Waals surface area contributed by atoms with Gasteiger partial charge < -0.3 is 10.3 Å². The fourth-order valence-electron chi connectivity index (χ4n) is 2.33. The minimum atomic E-state index is -0.259. The average Bonchev–Trinajstić information content (AvgIpc) is 2.77. The third-order valence-electron chi connectivity index (χ3n) is 3.22. The van der Waals surface area contributed by atoms with Crippen LogP contribution in [-0.4, -0.2) is 15.5 Å². The Morgan fingerprint density at radius 2 is 1.95 bits per heavy atom. The number of aromatic nitrogens is 2. The van der Waals surface area contributed by atoms with E-state index in [-0.39, 0.29) is 22.9 Å². The first-order valence-electron chi connectivity index (χ1n) is 6.46. The fraction of sp³-hybridized carbons (Fsp3) is 0.333. The van der Waals surface area contributed by atoms with Gasteiger partial charge in [0.15, 0.2) is 0 Å². The Morgan fingerprint density at radius 3 is 2.55 bits per heavy atom. The molecule has 1 heterocycles. The van der Waals surface area contributed by atoms with E-state index in [1.54, 1.807) is 6.20 Å². The molecule has 108 valence electrons. The van der Waals surface area contributed by atoms with Gasteiger partial charge in [0.2, 0.25) is 5.91 Å². The quantitative estimate of drug-likeness (QED) is 0.911. The number of hydrogen-bond acceptors (Lipinski definition) is 2. The highest BCUT2D eigenvalue weighted by atomic mass is 79.9. The number of primary amides is 1. The van der Waals surface area contributed by atoms with Crippen LogP contribution in [0, 0.1) is 13.8 Å². The predicted octanol–water partition coefficient (Wildman–Crippen LogP) is 2.88. The van der Waals surface area contributed by atoms with E-state index >= 15 is 0 Å². The van der Waals surface area contributed by atoms with Crippen molar-refractivity contribution in [3.63, 3.8) is 0 Å². The van der Waals surface area contributed by atoms with E-state index in [9.17, 15) is 4.79 Å². The standard InChI is InChI=1S/C15H19N3O.BrH/c1-11-5-3-6-12(2)15(11)18-10-9-17-14(18)8-4-7-13(16)19;/h3,5-6,9-10H,4,7-8H2,1-2H3,(H2,16,19);1H. The molecule has 1 aromatic heterocycles. The monoisotopic (exact) mass is 337 g/mol. The van der Waals surface area contributed by atoms with Crippen molar-refractivity contribution in [2.45, 2.75) is 33.1 Å². The number of hydrogen-bond donors (Lipinski definition) is 1. The predicted molar refractivity (Wildman–Crippen MR) is 85.5 cm³/mol. The molecule has 0 aliphatic heterocycles. The van der Waals surface area contributed by atoms with Crippen LogP contribution in [0.25, 0.3) is 5.69 Å². The summed E-state index contributed by atoms with van der Waals surface area (Å²) in [4.78, 5) is 15.2. The Balaban J connectivity index is 0.00000200. The lowest BCUT2D eigenvalue weighted by Crippen LogP contribution is -2.11. The second kappa shape index (κ2) is 7.24. The molecule has 2 N–H and O–H groups in total. The number of halogens is 1. The summed E-state index contributed by atoms with van der Waals surface area (Å²) in [6, 6.07) is 6.24. The van der Waals surface area contributed by atoms with Crippen LogP contribution in [0.3, 0.4) is 0 Å². The van der Waals surface area contributed by atoms with Gasteiger partial charge in [-0.05, 0) is 31.4 Å². The summed E-state index contributed by atoms with van der Waals surface area (Å²) >= 11 is 0. The number of benzene rings is 1. The first-order chi connectivity index (χ1) is 9.09. The molecule has 0 spiro atoms. The van der Waals surface area contributed by atoms with Gasteiger partial charge in [-0.3, -0.25) is 4.79 Å². The number of nitrogens with two attached hydrogens (primary N) is 1. The third-order valence-corrected chi connectivity index (χ3v) is 3.22. The van der Waals surface area contributed by atoms with Gasteiger partial charge >= 0.3 is 0 Å². The van der Waals surface area contributed by atoms with Gasteiger partial charge in [-0.15, -0.1) is 17.0 Å². The molecule has 0 radical (unpaired) electrons. The zero-order chi connectivity index (χ0) is 13.8. The molecule has 5 heteroatoms. The van der Waals surface area contributed by atoms with Crippen molar-refractivity contribution in [3.8, 4) is 5.69 Å². The number of aryl methyl sites for hydroxylation is 3. The molecule has 1 aromatic carbocycles. The first-order valence-corrected chi connectivity index (χ1v) is 6.46. The molecule has 0 unspecified atom stereocenters. The maximum absolute atomic E-state index is 10.8. The average molecular weight is 338 g/mol. The minimum absolute atomic E-state index is 0. The molecule has 0 saturated carbocycles. The van der Waals surface area contributed by atoms with E-state index in [1.165, 1.54) is 16.8 Å². The largest absolute Gasteiger partial charge is 0.370 e. The number of rotatable bonds is 5. The molecule has 0 bridgehead atoms. The SMILES string of the molecule is Br.Cc1cccc(C)c1-n1ccnc1CCCC(N)=O. The van der Waals surface area contributed by atoms with Crippen molar-refractivity contribution in [2.24, 2.45) is 5.73 Å². The zero-order valence-corrected chi connectivity index (χ0v) is 13.5. The number of amides is 1. The van der Waals surface area contributed by atoms with Gasteiger partial charge in [0, 0.05) is 25.2 Å². The third kappa shape index (κ3) is 3.70. The highest BCUT2D eigenvalue weighted by Crippen LogP contribution is 2.20. The van der Waals surface area contributed by atoms with Crippen molar-refractivity contribution < 1.29 is 4.79 Å². The van der Waals surface area contributed by atoms with Gasteiger partial charge in [-0.25, -0.2) is 4.98 Å². The van der Waals surface area contributed by atoms with Crippen LogP contribution in [0.4, 0.5) is 0 Å². The maximum atomic E-state index is 10.8. The van der Waals surface area contributed by atoms with Crippen LogP contribution in [0.15, 0.2) is 30.6 Å². The molecule has 0 atom stereocenters. The Bertz CT molecular complexity index is 572. The number of carbonyl (C=O) groups excluding carboxylic acids is 1. The van der Waals surface area contributed by atoms with Crippen molar-refractivity contribution in [1.29, 1.82) is 0 Å². The number of carbonyl (C=O) groups is 1. The van der Waals surface area contributed by atoms with Crippen LogP contribution in [0.1, 0.15) is 29.8 Å². The van der Waals surface area contributed by atoms with Crippen LogP contribution >= 0.6 is 17.0 Å². The lowest BCUT2D eigenvalue weighted by Gasteiger charge is -2.13. The van der Waals surface area contributed by atoms with Crippen molar-refractivity contribution >= 4 is 22.9 Å². The van der Waals surface area contributed by atoms with Gasteiger partial charge in [0.05, 0.1) is 5.69 Å². The van der Waals surface area contributed by atoms with Crippen LogP contribution in [-0.2, 0) is 11.2 Å². The zero-order valence-electron chi connectivity index (χ0n) is 11.8. The van der Waals surface area contributed by atoms with Crippen LogP contribution < -0.4 is 5.73 Å². The molecule has 20 heavy (non-hydrogen) atoms. The topological polar surface area (TPSA) is 60.9 Å². The van der Waals surface area contributed by atoms with Gasteiger partial charge in [-0.1, -0.05) is 18.2 Å². The molecular formula is C15H20BrN3O. The van der Waals surface area contributed by atoms with Gasteiger partial charge in [-0.2, -0.15) is 0 Å². The van der Waals surface area contributed by atoms with Crippen molar-refractivity contribution in [3.05, 3.63) is 47.5 Å². The Labute approximate surface area is 129 Å². The molecule has 0 aliphatic carbocycles. The van der Waals surface area contributed by atoms with E-state index in [0.29, 0.717) is 6.42 Å². The first kappa shape index (κ1) is 16.4. The molecule has 4 nitrogen and oxygen atoms in total. The summed E-state index contributed by atoms with van der Waals surface area (Å²) < 4.78 is 2.10. The summed E-state index contributed by atoms with van der Waals surface area (Å²) in [7, 11) is 0. The van der Waals surface area contributed by atoms with Crippen LogP contribution in [0.2, 0.25) is 0 Å². The molecule has 2 rings (SSSR count). The van der Waals surface area contributed by atoms with E-state index < -0.39 is 0 Å². The smallest absolute Gasteiger partial charge is 0.217 e. The molecule has 0 aliphatic rings. The lowest BCUT2D eigenvalue weighted by atomic mass is 10.1. The number of imidazole rings is 1. The second-order valence-corrected chi connectivity index (χ2v) is 4.77. The summed E-state index contributed by atoms with van der Waals surface area (Å²) in [6.45, 7) is 4.19. The minimum Gasteiger partial charge on any atom is -0.370 e. The van der Waals surface area contributed by atoms with E-state index in [2.05, 4.69) is 41.6 Å². The Kier molecular flexibility index (Phi) is 5.95. The molecular weight excluding hydrogens is 318 g/mol. The summed E-state index contributed by atoms with van der Waals surface area (Å²) in [5.41, 5.74) is 8.77. The molecule has 1 amide bonds. The summed E-state index contributed by atoms with van der Waals surface area (Å²) in [6.07, 6.45) is 5.65. The maximum Gasteiger partial charge on any atom is 0.217 e. The summed E-state index contributed by atoms with van der Waals surface area (Å²) in [5, 5.41) is 0. The molecule has 0 fully saturated rings. The highest BCUT2D eigenvalue weighted by Gasteiger charge is 2.09. The summed E-state index contributed by atoms with van der Waals surface area (Å²) in [5.74, 6) is 0.712. The number of nitrogens with zero attached hydrogens (tertiary/aromatic N) is 2. The van der Waals surface area contributed by atoms with E-state index in [0.717, 1.165) is 18.7 Å². The second-order valence-electron chi connectivity index (χ2n) is 4.77.